The van der Waals surface area contributed by atoms with E-state index in [0.29, 0.717) is 11.8 Å². The molecule has 1 aromatic heterocycles. The Morgan fingerprint density at radius 1 is 1.12 bits per heavy atom. The first-order valence-corrected chi connectivity index (χ1v) is 8.18. The van der Waals surface area contributed by atoms with E-state index in [1.54, 1.807) is 19.0 Å². The molecule has 0 aliphatic carbocycles. The molecule has 0 radical (unpaired) electrons. The van der Waals surface area contributed by atoms with Crippen LogP contribution in [0.25, 0.3) is 11.0 Å². The molecular formula is C14H16F3NO5S. The summed E-state index contributed by atoms with van der Waals surface area (Å²) in [6, 6.07) is 4.73. The van der Waals surface area contributed by atoms with Crippen molar-refractivity contribution < 1.29 is 30.2 Å². The highest BCUT2D eigenvalue weighted by Gasteiger charge is 2.48. The predicted octanol–water partition coefficient (Wildman–Crippen LogP) is 3.11. The first kappa shape index (κ1) is 19.8. The SMILES string of the molecule is CC.CN(C)c1ccc2c(OS(=O)(=O)C(F)(F)F)cc(=O)oc2c1. The molecule has 2 aromatic rings. The number of alkyl halides is 3. The first-order valence-electron chi connectivity index (χ1n) is 6.77. The van der Waals surface area contributed by atoms with Crippen molar-refractivity contribution in [3.05, 3.63) is 34.7 Å². The van der Waals surface area contributed by atoms with Crippen LogP contribution >= 0.6 is 0 Å². The molecule has 0 spiro atoms. The summed E-state index contributed by atoms with van der Waals surface area (Å²) in [5, 5.41) is -0.0713. The third kappa shape index (κ3) is 4.19. The molecule has 1 heterocycles. The monoisotopic (exact) mass is 367 g/mol. The predicted molar refractivity (Wildman–Crippen MR) is 83.8 cm³/mol. The van der Waals surface area contributed by atoms with Crippen LogP contribution in [0.5, 0.6) is 5.75 Å². The Kier molecular flexibility index (Phi) is 5.88. The number of rotatable bonds is 3. The normalized spacial score (nSPS) is 11.6. The van der Waals surface area contributed by atoms with Gasteiger partial charge in [-0.3, -0.25) is 0 Å². The van der Waals surface area contributed by atoms with Crippen LogP contribution < -0.4 is 14.7 Å². The highest BCUT2D eigenvalue weighted by atomic mass is 32.2. The van der Waals surface area contributed by atoms with Crippen molar-refractivity contribution in [2.24, 2.45) is 0 Å². The fraction of sp³-hybridized carbons (Fsp3) is 0.357. The third-order valence-corrected chi connectivity index (χ3v) is 3.66. The van der Waals surface area contributed by atoms with Gasteiger partial charge in [-0.2, -0.15) is 21.6 Å². The molecule has 0 saturated heterocycles. The summed E-state index contributed by atoms with van der Waals surface area (Å²) in [5.74, 6) is -0.742. The number of anilines is 1. The van der Waals surface area contributed by atoms with E-state index in [9.17, 15) is 26.4 Å². The van der Waals surface area contributed by atoms with Gasteiger partial charge in [0, 0.05) is 25.8 Å². The average Bonchev–Trinajstić information content (AvgIpc) is 2.46. The minimum Gasteiger partial charge on any atom is -0.422 e. The van der Waals surface area contributed by atoms with Crippen LogP contribution in [-0.4, -0.2) is 28.0 Å². The molecule has 6 nitrogen and oxygen atoms in total. The summed E-state index contributed by atoms with van der Waals surface area (Å²) in [6.07, 6.45) is 0. The second kappa shape index (κ2) is 7.12. The molecular weight excluding hydrogens is 351 g/mol. The average molecular weight is 367 g/mol. The molecule has 2 rings (SSSR count). The van der Waals surface area contributed by atoms with Gasteiger partial charge in [0.1, 0.15) is 5.58 Å². The van der Waals surface area contributed by atoms with Crippen LogP contribution in [0, 0.1) is 0 Å². The smallest absolute Gasteiger partial charge is 0.422 e. The number of nitrogens with zero attached hydrogens (tertiary/aromatic N) is 1. The minimum atomic E-state index is -5.88. The van der Waals surface area contributed by atoms with Crippen molar-refractivity contribution in [2.75, 3.05) is 19.0 Å². The minimum absolute atomic E-state index is 0.0713. The molecule has 0 bridgehead atoms. The zero-order chi connectivity index (χ0) is 18.7. The van der Waals surface area contributed by atoms with Gasteiger partial charge in [-0.25, -0.2) is 4.79 Å². The molecule has 0 unspecified atom stereocenters. The summed E-state index contributed by atoms with van der Waals surface area (Å²) < 4.78 is 68.1. The van der Waals surface area contributed by atoms with Crippen LogP contribution in [0.15, 0.2) is 33.5 Å². The molecule has 24 heavy (non-hydrogen) atoms. The Bertz CT molecular complexity index is 872. The topological polar surface area (TPSA) is 76.8 Å². The van der Waals surface area contributed by atoms with E-state index in [2.05, 4.69) is 4.18 Å². The molecule has 0 fully saturated rings. The van der Waals surface area contributed by atoms with E-state index >= 15 is 0 Å². The van der Waals surface area contributed by atoms with Gasteiger partial charge in [0.05, 0.1) is 11.5 Å². The Labute approximate surface area is 136 Å². The fourth-order valence-corrected chi connectivity index (χ4v) is 2.10. The molecule has 0 atom stereocenters. The molecule has 0 amide bonds. The Balaban J connectivity index is 0.00000139. The zero-order valence-corrected chi connectivity index (χ0v) is 14.2. The van der Waals surface area contributed by atoms with Gasteiger partial charge in [0.25, 0.3) is 0 Å². The molecule has 0 saturated carbocycles. The molecule has 134 valence electrons. The maximum absolute atomic E-state index is 12.4. The van der Waals surface area contributed by atoms with E-state index < -0.39 is 27.0 Å². The quantitative estimate of drug-likeness (QED) is 0.471. The van der Waals surface area contributed by atoms with Crippen LogP contribution in [-0.2, 0) is 10.1 Å². The lowest BCUT2D eigenvalue weighted by molar-refractivity contribution is -0.0499. The van der Waals surface area contributed by atoms with Crippen molar-refractivity contribution in [2.45, 2.75) is 19.4 Å². The van der Waals surface area contributed by atoms with E-state index in [4.69, 9.17) is 4.42 Å². The van der Waals surface area contributed by atoms with E-state index in [-0.39, 0.29) is 11.0 Å². The van der Waals surface area contributed by atoms with Crippen molar-refractivity contribution in [1.29, 1.82) is 0 Å². The maximum Gasteiger partial charge on any atom is 0.534 e. The summed E-state index contributed by atoms with van der Waals surface area (Å²) in [4.78, 5) is 13.1. The molecule has 1 aromatic carbocycles. The number of halogens is 3. The van der Waals surface area contributed by atoms with Gasteiger partial charge in [-0.15, -0.1) is 0 Å². The van der Waals surface area contributed by atoms with Crippen LogP contribution in [0.2, 0.25) is 0 Å². The number of benzene rings is 1. The standard InChI is InChI=1S/C12H10F3NO5S.C2H6/c1-16(2)7-3-4-8-9(5-7)20-11(17)6-10(8)21-22(18,19)12(13,14)15;1-2/h3-6H,1-2H3;1-2H3. The van der Waals surface area contributed by atoms with Crippen molar-refractivity contribution >= 4 is 26.8 Å². The molecule has 0 N–H and O–H groups in total. The largest absolute Gasteiger partial charge is 0.534 e. The van der Waals surface area contributed by atoms with Gasteiger partial charge < -0.3 is 13.5 Å². The summed E-state index contributed by atoms with van der Waals surface area (Å²) in [7, 11) is -2.47. The highest BCUT2D eigenvalue weighted by molar-refractivity contribution is 7.88. The van der Waals surface area contributed by atoms with Crippen LogP contribution in [0.3, 0.4) is 0 Å². The molecule has 10 heteroatoms. The van der Waals surface area contributed by atoms with Crippen LogP contribution in [0.4, 0.5) is 18.9 Å². The summed E-state index contributed by atoms with van der Waals surface area (Å²) in [5.41, 5.74) is -6.12. The lowest BCUT2D eigenvalue weighted by Crippen LogP contribution is -2.28. The lowest BCUT2D eigenvalue weighted by atomic mass is 10.2. The lowest BCUT2D eigenvalue weighted by Gasteiger charge is -2.14. The van der Waals surface area contributed by atoms with Gasteiger partial charge in [0.15, 0.2) is 5.75 Å². The van der Waals surface area contributed by atoms with Gasteiger partial charge in [0.2, 0.25) is 0 Å². The van der Waals surface area contributed by atoms with Gasteiger partial charge in [-0.1, -0.05) is 13.8 Å². The van der Waals surface area contributed by atoms with Crippen LogP contribution in [0.1, 0.15) is 13.8 Å². The molecule has 0 aliphatic rings. The number of hydrogen-bond donors (Lipinski definition) is 0. The Morgan fingerprint density at radius 2 is 1.71 bits per heavy atom. The number of fused-ring (bicyclic) bond motifs is 1. The third-order valence-electron chi connectivity index (χ3n) is 2.69. The van der Waals surface area contributed by atoms with Crippen molar-refractivity contribution in [1.82, 2.24) is 0 Å². The van der Waals surface area contributed by atoms with Crippen molar-refractivity contribution in [3.63, 3.8) is 0 Å². The summed E-state index contributed by atoms with van der Waals surface area (Å²) >= 11 is 0. The number of hydrogen-bond acceptors (Lipinski definition) is 6. The second-order valence-electron chi connectivity index (χ2n) is 4.49. The van der Waals surface area contributed by atoms with E-state index in [1.807, 2.05) is 13.8 Å². The van der Waals surface area contributed by atoms with Crippen molar-refractivity contribution in [3.8, 4) is 5.75 Å². The zero-order valence-electron chi connectivity index (χ0n) is 13.3. The van der Waals surface area contributed by atoms with E-state index in [0.717, 1.165) is 0 Å². The second-order valence-corrected chi connectivity index (χ2v) is 6.03. The Hall–Kier alpha value is -2.23. The van der Waals surface area contributed by atoms with Gasteiger partial charge >= 0.3 is 21.3 Å². The maximum atomic E-state index is 12.4. The van der Waals surface area contributed by atoms with Gasteiger partial charge in [-0.05, 0) is 12.1 Å². The Morgan fingerprint density at radius 3 is 2.21 bits per heavy atom. The van der Waals surface area contributed by atoms with E-state index in [1.165, 1.54) is 18.2 Å². The highest BCUT2D eigenvalue weighted by Crippen LogP contribution is 2.32. The molecule has 0 aliphatic heterocycles. The fourth-order valence-electron chi connectivity index (χ4n) is 1.63. The summed E-state index contributed by atoms with van der Waals surface area (Å²) in [6.45, 7) is 4.00. The first-order chi connectivity index (χ1) is 11.0.